The lowest BCUT2D eigenvalue weighted by molar-refractivity contribution is 0.100. The molecule has 0 atom stereocenters. The van der Waals surface area contributed by atoms with E-state index in [0.717, 1.165) is 43.1 Å². The van der Waals surface area contributed by atoms with Crippen molar-refractivity contribution in [3.8, 4) is 0 Å². The second-order valence-corrected chi connectivity index (χ2v) is 9.81. The normalized spacial score (nSPS) is 17.2. The lowest BCUT2D eigenvalue weighted by atomic mass is 10.1. The van der Waals surface area contributed by atoms with Crippen LogP contribution in [0.4, 0.5) is 15.8 Å². The summed E-state index contributed by atoms with van der Waals surface area (Å²) in [5.41, 5.74) is 9.94. The van der Waals surface area contributed by atoms with Gasteiger partial charge in [0.05, 0.1) is 27.7 Å². The number of nitrogens with one attached hydrogen (secondary N) is 1. The van der Waals surface area contributed by atoms with E-state index in [-0.39, 0.29) is 5.82 Å². The van der Waals surface area contributed by atoms with Crippen LogP contribution in [-0.4, -0.2) is 47.9 Å². The number of rotatable bonds is 7. The number of piperazine rings is 1. The topological polar surface area (TPSA) is 64.8 Å². The summed E-state index contributed by atoms with van der Waals surface area (Å²) in [5, 5.41) is 5.21. The number of carbonyl (C=O) groups is 1. The summed E-state index contributed by atoms with van der Waals surface area (Å²) in [5.74, 6) is -0.687. The molecular formula is C27H32FN5OS. The van der Waals surface area contributed by atoms with Crippen LogP contribution >= 0.6 is 11.3 Å². The van der Waals surface area contributed by atoms with Crippen LogP contribution in [0.25, 0.3) is 5.70 Å². The number of hydrogen-bond donors (Lipinski definition) is 2. The quantitative estimate of drug-likeness (QED) is 0.554. The highest BCUT2D eigenvalue weighted by Crippen LogP contribution is 2.34. The summed E-state index contributed by atoms with van der Waals surface area (Å²) < 4.78 is 15.1. The number of thiophene rings is 1. The Hall–Kier alpha value is -3.36. The number of halogens is 1. The van der Waals surface area contributed by atoms with Crippen molar-refractivity contribution >= 4 is 34.3 Å². The number of benzene rings is 1. The first-order valence-corrected chi connectivity index (χ1v) is 12.6. The molecule has 6 nitrogen and oxygen atoms in total. The van der Waals surface area contributed by atoms with Gasteiger partial charge in [0.2, 0.25) is 0 Å². The summed E-state index contributed by atoms with van der Waals surface area (Å²) in [6.45, 7) is 14.1. The van der Waals surface area contributed by atoms with E-state index < -0.39 is 5.91 Å². The van der Waals surface area contributed by atoms with E-state index in [9.17, 15) is 4.79 Å². The lowest BCUT2D eigenvalue weighted by Gasteiger charge is -2.38. The van der Waals surface area contributed by atoms with Crippen molar-refractivity contribution < 1.29 is 9.18 Å². The monoisotopic (exact) mass is 493 g/mol. The van der Waals surface area contributed by atoms with Gasteiger partial charge in [-0.25, -0.2) is 4.39 Å². The van der Waals surface area contributed by atoms with Crippen molar-refractivity contribution in [3.05, 3.63) is 88.3 Å². The Labute approximate surface area is 210 Å². The predicted octanol–water partition coefficient (Wildman–Crippen LogP) is 5.22. The zero-order chi connectivity index (χ0) is 25.1. The molecule has 3 heterocycles. The third kappa shape index (κ3) is 5.33. The lowest BCUT2D eigenvalue weighted by Crippen LogP contribution is -2.49. The van der Waals surface area contributed by atoms with E-state index in [1.807, 2.05) is 53.8 Å². The molecule has 0 spiro atoms. The minimum absolute atomic E-state index is 0.242. The van der Waals surface area contributed by atoms with Gasteiger partial charge in [0.1, 0.15) is 5.82 Å². The number of primary amides is 1. The van der Waals surface area contributed by atoms with Gasteiger partial charge in [0.25, 0.3) is 5.91 Å². The first kappa shape index (κ1) is 24.8. The molecule has 1 saturated heterocycles. The molecule has 2 aliphatic heterocycles. The largest absolute Gasteiger partial charge is 0.367 e. The minimum Gasteiger partial charge on any atom is -0.367 e. The number of nitrogens with two attached hydrogens (primary N) is 1. The number of anilines is 2. The average Bonchev–Trinajstić information content (AvgIpc) is 3.32. The molecular weight excluding hydrogens is 461 g/mol. The van der Waals surface area contributed by atoms with E-state index in [4.69, 9.17) is 5.73 Å². The Morgan fingerprint density at radius 3 is 2.54 bits per heavy atom. The molecule has 0 aliphatic carbocycles. The third-order valence-electron chi connectivity index (χ3n) is 6.32. The van der Waals surface area contributed by atoms with Gasteiger partial charge in [-0.1, -0.05) is 12.7 Å². The molecule has 184 valence electrons. The van der Waals surface area contributed by atoms with Crippen LogP contribution in [-0.2, 0) is 0 Å². The van der Waals surface area contributed by atoms with Gasteiger partial charge in [-0.3, -0.25) is 9.69 Å². The predicted molar refractivity (Wildman–Crippen MR) is 144 cm³/mol. The number of amides is 1. The van der Waals surface area contributed by atoms with Gasteiger partial charge in [-0.05, 0) is 57.2 Å². The Bertz CT molecular complexity index is 1200. The Morgan fingerprint density at radius 1 is 1.20 bits per heavy atom. The van der Waals surface area contributed by atoms with Crippen molar-refractivity contribution in [1.82, 2.24) is 9.80 Å². The Kier molecular flexibility index (Phi) is 7.42. The van der Waals surface area contributed by atoms with Crippen LogP contribution in [0.5, 0.6) is 0 Å². The maximum Gasteiger partial charge on any atom is 0.258 e. The van der Waals surface area contributed by atoms with E-state index in [0.29, 0.717) is 28.0 Å². The van der Waals surface area contributed by atoms with Gasteiger partial charge < -0.3 is 20.9 Å². The van der Waals surface area contributed by atoms with Crippen LogP contribution in [0.2, 0.25) is 0 Å². The van der Waals surface area contributed by atoms with Gasteiger partial charge >= 0.3 is 0 Å². The van der Waals surface area contributed by atoms with Gasteiger partial charge in [-0.15, -0.1) is 11.3 Å². The van der Waals surface area contributed by atoms with E-state index in [1.165, 1.54) is 17.4 Å². The zero-order valence-electron chi connectivity index (χ0n) is 20.4. The van der Waals surface area contributed by atoms with Crippen molar-refractivity contribution in [2.45, 2.75) is 26.8 Å². The SMILES string of the molecule is C=C1C(Nc2ccc(N3CCN(C(C)C)CC3)c(F)c2)=CC=C(c2csc(C(N)=O)c2)N1/C=C\C. The van der Waals surface area contributed by atoms with E-state index in [2.05, 4.69) is 35.5 Å². The minimum atomic E-state index is -0.445. The van der Waals surface area contributed by atoms with Crippen LogP contribution in [0.1, 0.15) is 36.0 Å². The Morgan fingerprint density at radius 2 is 1.94 bits per heavy atom. The zero-order valence-corrected chi connectivity index (χ0v) is 21.2. The number of hydrogen-bond acceptors (Lipinski definition) is 6. The number of allylic oxidation sites excluding steroid dienone is 3. The second-order valence-electron chi connectivity index (χ2n) is 8.90. The van der Waals surface area contributed by atoms with Crippen molar-refractivity contribution in [2.24, 2.45) is 5.73 Å². The molecule has 8 heteroatoms. The van der Waals surface area contributed by atoms with Gasteiger partial charge in [0.15, 0.2) is 0 Å². The molecule has 2 aliphatic rings. The van der Waals surface area contributed by atoms with E-state index in [1.54, 1.807) is 6.07 Å². The highest BCUT2D eigenvalue weighted by molar-refractivity contribution is 7.12. The highest BCUT2D eigenvalue weighted by Gasteiger charge is 2.23. The molecule has 0 radical (unpaired) electrons. The van der Waals surface area contributed by atoms with Crippen molar-refractivity contribution in [1.29, 1.82) is 0 Å². The molecule has 1 aromatic carbocycles. The van der Waals surface area contributed by atoms with Crippen molar-refractivity contribution in [2.75, 3.05) is 36.4 Å². The number of nitrogens with zero attached hydrogens (tertiary/aromatic N) is 3. The van der Waals surface area contributed by atoms with Crippen LogP contribution < -0.4 is 16.0 Å². The molecule has 1 fully saturated rings. The van der Waals surface area contributed by atoms with Crippen molar-refractivity contribution in [3.63, 3.8) is 0 Å². The highest BCUT2D eigenvalue weighted by atomic mass is 32.1. The van der Waals surface area contributed by atoms with E-state index >= 15 is 4.39 Å². The Balaban J connectivity index is 1.53. The number of carbonyl (C=O) groups excluding carboxylic acids is 1. The van der Waals surface area contributed by atoms with Crippen LogP contribution in [0.3, 0.4) is 0 Å². The third-order valence-corrected chi connectivity index (χ3v) is 7.26. The van der Waals surface area contributed by atoms with Gasteiger partial charge in [-0.2, -0.15) is 0 Å². The fourth-order valence-electron chi connectivity index (χ4n) is 4.36. The fraction of sp³-hybridized carbons (Fsp3) is 0.296. The average molecular weight is 494 g/mol. The standard InChI is InChI=1S/C27H32FN5OS/c1-5-10-33-19(4)23(7-9-24(33)20-15-26(27(29)34)35-17-20)30-21-6-8-25(22(28)16-21)32-13-11-31(12-14-32)18(2)3/h5-10,15-18,30H,4,11-14H2,1-3H3,(H2,29,34)/b10-5-. The molecule has 1 aromatic heterocycles. The summed E-state index contributed by atoms with van der Waals surface area (Å²) >= 11 is 1.31. The molecule has 2 aromatic rings. The molecule has 1 amide bonds. The molecule has 3 N–H and O–H groups in total. The maximum absolute atomic E-state index is 15.1. The second kappa shape index (κ2) is 10.5. The molecule has 0 saturated carbocycles. The summed E-state index contributed by atoms with van der Waals surface area (Å²) in [6.07, 6.45) is 7.68. The summed E-state index contributed by atoms with van der Waals surface area (Å²) in [7, 11) is 0. The molecule has 0 bridgehead atoms. The summed E-state index contributed by atoms with van der Waals surface area (Å²) in [6, 6.07) is 7.57. The first-order chi connectivity index (χ1) is 16.8. The van der Waals surface area contributed by atoms with Crippen LogP contribution in [0, 0.1) is 5.82 Å². The summed E-state index contributed by atoms with van der Waals surface area (Å²) in [4.78, 5) is 18.5. The maximum atomic E-state index is 15.1. The smallest absolute Gasteiger partial charge is 0.258 e. The molecule has 35 heavy (non-hydrogen) atoms. The molecule has 0 unspecified atom stereocenters. The fourth-order valence-corrected chi connectivity index (χ4v) is 5.11. The first-order valence-electron chi connectivity index (χ1n) is 11.8. The van der Waals surface area contributed by atoms with Gasteiger partial charge in [0, 0.05) is 55.1 Å². The molecule has 4 rings (SSSR count). The van der Waals surface area contributed by atoms with Crippen LogP contribution in [0.15, 0.2) is 72.0 Å².